The zero-order valence-electron chi connectivity index (χ0n) is 15.8. The largest absolute Gasteiger partial charge is 0.383 e. The number of halogens is 2. The second kappa shape index (κ2) is 9.50. The van der Waals surface area contributed by atoms with Gasteiger partial charge >= 0.3 is 0 Å². The zero-order chi connectivity index (χ0) is 20.3. The molecule has 1 aromatic rings. The predicted octanol–water partition coefficient (Wildman–Crippen LogP) is 2.80. The van der Waals surface area contributed by atoms with Gasteiger partial charge in [0.25, 0.3) is 0 Å². The van der Waals surface area contributed by atoms with Crippen molar-refractivity contribution in [3.8, 4) is 0 Å². The summed E-state index contributed by atoms with van der Waals surface area (Å²) >= 11 is 13.6. The van der Waals surface area contributed by atoms with Gasteiger partial charge in [0.05, 0.1) is 20.9 Å². The van der Waals surface area contributed by atoms with E-state index in [-0.39, 0.29) is 17.5 Å². The van der Waals surface area contributed by atoms with Gasteiger partial charge in [-0.25, -0.2) is 4.99 Å². The number of hydrogen-bond donors (Lipinski definition) is 2. The minimum atomic E-state index is -0.353. The summed E-state index contributed by atoms with van der Waals surface area (Å²) in [5.74, 6) is 0.598. The third-order valence-electron chi connectivity index (χ3n) is 4.96. The normalized spacial score (nSPS) is 21.7. The van der Waals surface area contributed by atoms with Gasteiger partial charge in [0.2, 0.25) is 0 Å². The average Bonchev–Trinajstić information content (AvgIpc) is 2.91. The van der Waals surface area contributed by atoms with E-state index < -0.39 is 0 Å². The van der Waals surface area contributed by atoms with Gasteiger partial charge in [0, 0.05) is 37.6 Å². The third-order valence-corrected chi connectivity index (χ3v) is 7.06. The number of ketones is 1. The molecule has 6 nitrogen and oxygen atoms in total. The first-order chi connectivity index (χ1) is 13.4. The lowest BCUT2D eigenvalue weighted by molar-refractivity contribution is -0.116. The van der Waals surface area contributed by atoms with Crippen molar-refractivity contribution in [3.05, 3.63) is 39.0 Å². The van der Waals surface area contributed by atoms with Gasteiger partial charge in [-0.15, -0.1) is 0 Å². The molecule has 0 spiro atoms. The molecule has 4 N–H and O–H groups in total. The Labute approximate surface area is 179 Å². The van der Waals surface area contributed by atoms with Crippen molar-refractivity contribution in [3.63, 3.8) is 0 Å². The molecule has 152 valence electrons. The SMILES string of the molecule is CC1C(=O)C(Sc2cccc(Cl)c2Cl)=C(N)N=C1N1CCCN(CCN)CC1. The maximum absolute atomic E-state index is 13.1. The molecule has 0 radical (unpaired) electrons. The van der Waals surface area contributed by atoms with E-state index in [1.165, 1.54) is 11.8 Å². The van der Waals surface area contributed by atoms with Crippen LogP contribution >= 0.6 is 35.0 Å². The number of nitrogens with zero attached hydrogens (tertiary/aromatic N) is 3. The number of hydrogen-bond acceptors (Lipinski definition) is 7. The fourth-order valence-corrected chi connectivity index (χ4v) is 4.90. The molecular formula is C19H25Cl2N5OS. The smallest absolute Gasteiger partial charge is 0.183 e. The Balaban J connectivity index is 1.82. The van der Waals surface area contributed by atoms with Crippen LogP contribution in [0.15, 0.2) is 38.8 Å². The molecule has 0 aromatic heterocycles. The lowest BCUT2D eigenvalue weighted by Gasteiger charge is -2.31. The molecule has 28 heavy (non-hydrogen) atoms. The summed E-state index contributed by atoms with van der Waals surface area (Å²) in [6, 6.07) is 5.32. The number of Topliss-reactive ketones (excluding diaryl/α,β-unsaturated/α-hetero) is 1. The molecule has 2 heterocycles. The topological polar surface area (TPSA) is 88.0 Å². The van der Waals surface area contributed by atoms with Crippen LogP contribution in [-0.4, -0.2) is 60.7 Å². The molecule has 3 rings (SSSR count). The molecule has 1 unspecified atom stereocenters. The van der Waals surface area contributed by atoms with E-state index >= 15 is 0 Å². The lowest BCUT2D eigenvalue weighted by Crippen LogP contribution is -2.43. The van der Waals surface area contributed by atoms with E-state index in [4.69, 9.17) is 34.7 Å². The number of aliphatic imine (C=N–C) groups is 1. The molecule has 1 fully saturated rings. The van der Waals surface area contributed by atoms with E-state index in [0.717, 1.165) is 45.0 Å². The molecule has 0 amide bonds. The highest BCUT2D eigenvalue weighted by Gasteiger charge is 2.34. The van der Waals surface area contributed by atoms with Crippen LogP contribution in [0.3, 0.4) is 0 Å². The molecular weight excluding hydrogens is 417 g/mol. The van der Waals surface area contributed by atoms with Crippen molar-refractivity contribution in [2.75, 3.05) is 39.3 Å². The quantitative estimate of drug-likeness (QED) is 0.746. The van der Waals surface area contributed by atoms with Crippen molar-refractivity contribution in [1.82, 2.24) is 9.80 Å². The van der Waals surface area contributed by atoms with E-state index in [2.05, 4.69) is 14.8 Å². The highest BCUT2D eigenvalue weighted by Crippen LogP contribution is 2.39. The molecule has 0 aliphatic carbocycles. The van der Waals surface area contributed by atoms with Crippen LogP contribution in [0.25, 0.3) is 0 Å². The summed E-state index contributed by atoms with van der Waals surface area (Å²) < 4.78 is 0. The Hall–Kier alpha value is -1.25. The monoisotopic (exact) mass is 441 g/mol. The summed E-state index contributed by atoms with van der Waals surface area (Å²) in [6.07, 6.45) is 1.00. The number of nitrogens with two attached hydrogens (primary N) is 2. The number of carbonyl (C=O) groups excluding carboxylic acids is 1. The van der Waals surface area contributed by atoms with E-state index in [1.54, 1.807) is 12.1 Å². The molecule has 1 saturated heterocycles. The van der Waals surface area contributed by atoms with Gasteiger partial charge in [0.1, 0.15) is 11.7 Å². The first kappa shape index (κ1) is 21.5. The van der Waals surface area contributed by atoms with E-state index in [1.807, 2.05) is 13.0 Å². The van der Waals surface area contributed by atoms with Crippen molar-refractivity contribution in [2.45, 2.75) is 18.2 Å². The van der Waals surface area contributed by atoms with E-state index in [0.29, 0.717) is 26.4 Å². The van der Waals surface area contributed by atoms with E-state index in [9.17, 15) is 4.79 Å². The lowest BCUT2D eigenvalue weighted by atomic mass is 10.0. The molecule has 0 saturated carbocycles. The number of amidine groups is 1. The Morgan fingerprint density at radius 3 is 2.79 bits per heavy atom. The molecule has 9 heteroatoms. The Morgan fingerprint density at radius 2 is 2.04 bits per heavy atom. The second-order valence-electron chi connectivity index (χ2n) is 6.90. The van der Waals surface area contributed by atoms with Gasteiger partial charge in [-0.05, 0) is 32.0 Å². The highest BCUT2D eigenvalue weighted by atomic mass is 35.5. The number of thioether (sulfide) groups is 1. The molecule has 1 atom stereocenters. The molecule has 0 bridgehead atoms. The number of allylic oxidation sites excluding steroid dienone is 1. The average molecular weight is 442 g/mol. The summed E-state index contributed by atoms with van der Waals surface area (Å²) in [5.41, 5.74) is 11.9. The van der Waals surface area contributed by atoms with Gasteiger partial charge < -0.3 is 21.3 Å². The van der Waals surface area contributed by atoms with Gasteiger partial charge in [0.15, 0.2) is 5.78 Å². The first-order valence-electron chi connectivity index (χ1n) is 9.34. The summed E-state index contributed by atoms with van der Waals surface area (Å²) in [6.45, 7) is 7.00. The van der Waals surface area contributed by atoms with Gasteiger partial charge in [-0.3, -0.25) is 4.79 Å². The summed E-state index contributed by atoms with van der Waals surface area (Å²) in [7, 11) is 0. The van der Waals surface area contributed by atoms with Crippen molar-refractivity contribution in [2.24, 2.45) is 22.4 Å². The standard InChI is InChI=1S/C19H25Cl2N5OS/c1-12-16(27)17(28-14-5-2-4-13(20)15(14)21)18(23)24-19(12)26-8-3-7-25(9-6-22)10-11-26/h2,4-5,12H,3,6-11,22-23H2,1H3. The Kier molecular flexibility index (Phi) is 7.28. The summed E-state index contributed by atoms with van der Waals surface area (Å²) in [5, 5.41) is 0.857. The maximum Gasteiger partial charge on any atom is 0.183 e. The minimum absolute atomic E-state index is 0.0356. The molecule has 1 aromatic carbocycles. The number of benzene rings is 1. The minimum Gasteiger partial charge on any atom is -0.383 e. The van der Waals surface area contributed by atoms with Crippen LogP contribution < -0.4 is 11.5 Å². The maximum atomic E-state index is 13.1. The van der Waals surface area contributed by atoms with Crippen LogP contribution in [-0.2, 0) is 4.79 Å². The number of rotatable bonds is 4. The van der Waals surface area contributed by atoms with Crippen LogP contribution in [0.5, 0.6) is 0 Å². The Bertz CT molecular complexity index is 814. The van der Waals surface area contributed by atoms with Gasteiger partial charge in [-0.1, -0.05) is 41.0 Å². The molecule has 2 aliphatic rings. The zero-order valence-corrected chi connectivity index (χ0v) is 18.2. The fraction of sp³-hybridized carbons (Fsp3) is 0.474. The Morgan fingerprint density at radius 1 is 1.25 bits per heavy atom. The van der Waals surface area contributed by atoms with Crippen LogP contribution in [0.2, 0.25) is 10.0 Å². The van der Waals surface area contributed by atoms with Crippen LogP contribution in [0.4, 0.5) is 0 Å². The summed E-state index contributed by atoms with van der Waals surface area (Å²) in [4.78, 5) is 23.3. The van der Waals surface area contributed by atoms with Crippen LogP contribution in [0, 0.1) is 5.92 Å². The third kappa shape index (κ3) is 4.66. The molecule has 2 aliphatic heterocycles. The van der Waals surface area contributed by atoms with Crippen molar-refractivity contribution in [1.29, 1.82) is 0 Å². The fourth-order valence-electron chi connectivity index (χ4n) is 3.44. The first-order valence-corrected chi connectivity index (χ1v) is 10.9. The highest BCUT2D eigenvalue weighted by molar-refractivity contribution is 8.04. The predicted molar refractivity (Wildman–Crippen MR) is 117 cm³/mol. The van der Waals surface area contributed by atoms with Crippen molar-refractivity contribution < 1.29 is 4.79 Å². The van der Waals surface area contributed by atoms with Gasteiger partial charge in [-0.2, -0.15) is 0 Å². The van der Waals surface area contributed by atoms with Crippen molar-refractivity contribution >= 4 is 46.6 Å². The van der Waals surface area contributed by atoms with Crippen LogP contribution in [0.1, 0.15) is 13.3 Å². The number of carbonyl (C=O) groups is 1. The second-order valence-corrected chi connectivity index (χ2v) is 8.73.